The van der Waals surface area contributed by atoms with E-state index in [0.29, 0.717) is 17.7 Å². The van der Waals surface area contributed by atoms with E-state index >= 15 is 0 Å². The van der Waals surface area contributed by atoms with Crippen molar-refractivity contribution in [3.05, 3.63) is 29.3 Å². The van der Waals surface area contributed by atoms with Gasteiger partial charge in [-0.1, -0.05) is 6.07 Å². The summed E-state index contributed by atoms with van der Waals surface area (Å²) in [5.74, 6) is -0.208. The van der Waals surface area contributed by atoms with Crippen LogP contribution in [0.15, 0.2) is 18.2 Å². The third-order valence-corrected chi connectivity index (χ3v) is 2.84. The zero-order chi connectivity index (χ0) is 14.6. The van der Waals surface area contributed by atoms with Crippen LogP contribution in [0.5, 0.6) is 5.75 Å². The minimum absolute atomic E-state index is 0.0905. The quantitative estimate of drug-likeness (QED) is 0.735. The SMILES string of the molecule is Cc1c(O)cccc1C(=O)NCC(C)(O)CN(C)C. The largest absolute Gasteiger partial charge is 0.508 e. The molecule has 0 fully saturated rings. The van der Waals surface area contributed by atoms with Crippen molar-refractivity contribution in [3.63, 3.8) is 0 Å². The second kappa shape index (κ2) is 6.04. The Morgan fingerprint density at radius 2 is 2.05 bits per heavy atom. The normalized spacial score (nSPS) is 14.2. The van der Waals surface area contributed by atoms with Gasteiger partial charge < -0.3 is 20.4 Å². The van der Waals surface area contributed by atoms with E-state index in [1.54, 1.807) is 26.0 Å². The Balaban J connectivity index is 2.68. The summed E-state index contributed by atoms with van der Waals surface area (Å²) >= 11 is 0. The number of amides is 1. The standard InChI is InChI=1S/C14H22N2O3/c1-10-11(6-5-7-12(10)17)13(18)15-8-14(2,19)9-16(3)4/h5-7,17,19H,8-9H2,1-4H3,(H,15,18). The maximum absolute atomic E-state index is 12.0. The zero-order valence-electron chi connectivity index (χ0n) is 11.9. The number of carbonyl (C=O) groups is 1. The van der Waals surface area contributed by atoms with E-state index in [-0.39, 0.29) is 18.2 Å². The fourth-order valence-corrected chi connectivity index (χ4v) is 1.97. The summed E-state index contributed by atoms with van der Waals surface area (Å²) in [6, 6.07) is 4.80. The maximum Gasteiger partial charge on any atom is 0.251 e. The van der Waals surface area contributed by atoms with Crippen molar-refractivity contribution in [2.45, 2.75) is 19.4 Å². The number of benzene rings is 1. The van der Waals surface area contributed by atoms with Crippen molar-refractivity contribution < 1.29 is 15.0 Å². The predicted octanol–water partition coefficient (Wildman–Crippen LogP) is 0.743. The van der Waals surface area contributed by atoms with Crippen LogP contribution in [0.3, 0.4) is 0 Å². The Hall–Kier alpha value is -1.59. The molecule has 0 saturated carbocycles. The third-order valence-electron chi connectivity index (χ3n) is 2.84. The number of nitrogens with zero attached hydrogens (tertiary/aromatic N) is 1. The van der Waals surface area contributed by atoms with Gasteiger partial charge >= 0.3 is 0 Å². The first-order valence-corrected chi connectivity index (χ1v) is 6.17. The van der Waals surface area contributed by atoms with Crippen molar-refractivity contribution >= 4 is 5.91 Å². The summed E-state index contributed by atoms with van der Waals surface area (Å²) in [4.78, 5) is 13.9. The predicted molar refractivity (Wildman–Crippen MR) is 74.4 cm³/mol. The van der Waals surface area contributed by atoms with Gasteiger partial charge in [-0.25, -0.2) is 0 Å². The highest BCUT2D eigenvalue weighted by Crippen LogP contribution is 2.19. The number of hydrogen-bond donors (Lipinski definition) is 3. The first-order valence-electron chi connectivity index (χ1n) is 6.17. The summed E-state index contributed by atoms with van der Waals surface area (Å²) < 4.78 is 0. The Morgan fingerprint density at radius 1 is 1.42 bits per heavy atom. The van der Waals surface area contributed by atoms with Gasteiger partial charge in [0.1, 0.15) is 5.75 Å². The van der Waals surface area contributed by atoms with E-state index in [1.165, 1.54) is 6.07 Å². The van der Waals surface area contributed by atoms with Crippen LogP contribution in [0.1, 0.15) is 22.8 Å². The van der Waals surface area contributed by atoms with E-state index in [2.05, 4.69) is 5.32 Å². The molecule has 1 atom stereocenters. The molecule has 5 heteroatoms. The minimum Gasteiger partial charge on any atom is -0.508 e. The minimum atomic E-state index is -0.996. The van der Waals surface area contributed by atoms with Crippen LogP contribution in [0.4, 0.5) is 0 Å². The molecule has 1 amide bonds. The molecular weight excluding hydrogens is 244 g/mol. The average Bonchev–Trinajstić information content (AvgIpc) is 2.28. The molecule has 1 unspecified atom stereocenters. The average molecular weight is 266 g/mol. The van der Waals surface area contributed by atoms with Crippen molar-refractivity contribution in [1.82, 2.24) is 10.2 Å². The molecule has 1 aromatic rings. The summed E-state index contributed by atoms with van der Waals surface area (Å²) in [7, 11) is 3.71. The highest BCUT2D eigenvalue weighted by atomic mass is 16.3. The number of phenols is 1. The van der Waals surface area contributed by atoms with Gasteiger partial charge in [0.25, 0.3) is 5.91 Å². The third kappa shape index (κ3) is 4.54. The Morgan fingerprint density at radius 3 is 2.63 bits per heavy atom. The van der Waals surface area contributed by atoms with Crippen LogP contribution in [0, 0.1) is 6.92 Å². The molecule has 1 rings (SSSR count). The van der Waals surface area contributed by atoms with Gasteiger partial charge in [0.2, 0.25) is 0 Å². The zero-order valence-corrected chi connectivity index (χ0v) is 11.9. The molecule has 0 aliphatic rings. The van der Waals surface area contributed by atoms with Crippen LogP contribution < -0.4 is 5.32 Å². The lowest BCUT2D eigenvalue weighted by Gasteiger charge is -2.27. The van der Waals surface area contributed by atoms with E-state index < -0.39 is 5.60 Å². The van der Waals surface area contributed by atoms with Gasteiger partial charge in [-0.2, -0.15) is 0 Å². The van der Waals surface area contributed by atoms with Crippen molar-refractivity contribution in [3.8, 4) is 5.75 Å². The number of rotatable bonds is 5. The molecular formula is C14H22N2O3. The number of aromatic hydroxyl groups is 1. The van der Waals surface area contributed by atoms with E-state index in [4.69, 9.17) is 0 Å². The first kappa shape index (κ1) is 15.5. The fraction of sp³-hybridized carbons (Fsp3) is 0.500. The number of hydrogen-bond acceptors (Lipinski definition) is 4. The smallest absolute Gasteiger partial charge is 0.251 e. The Bertz CT molecular complexity index is 456. The van der Waals surface area contributed by atoms with Gasteiger partial charge in [0.15, 0.2) is 0 Å². The van der Waals surface area contributed by atoms with Crippen molar-refractivity contribution in [2.75, 3.05) is 27.2 Å². The molecule has 0 bridgehead atoms. The molecule has 5 nitrogen and oxygen atoms in total. The van der Waals surface area contributed by atoms with Crippen molar-refractivity contribution in [1.29, 1.82) is 0 Å². The summed E-state index contributed by atoms with van der Waals surface area (Å²) in [5.41, 5.74) is -0.0444. The Labute approximate surface area is 113 Å². The van der Waals surface area contributed by atoms with Crippen LogP contribution in [0.2, 0.25) is 0 Å². The van der Waals surface area contributed by atoms with E-state index in [0.717, 1.165) is 0 Å². The highest BCUT2D eigenvalue weighted by molar-refractivity contribution is 5.96. The summed E-state index contributed by atoms with van der Waals surface area (Å²) in [5, 5.41) is 22.3. The molecule has 0 heterocycles. The summed E-state index contributed by atoms with van der Waals surface area (Å²) in [6.07, 6.45) is 0. The molecule has 3 N–H and O–H groups in total. The molecule has 19 heavy (non-hydrogen) atoms. The van der Waals surface area contributed by atoms with E-state index in [9.17, 15) is 15.0 Å². The molecule has 0 spiro atoms. The molecule has 0 aromatic heterocycles. The molecule has 0 aliphatic carbocycles. The number of aliphatic hydroxyl groups is 1. The van der Waals surface area contributed by atoms with Crippen molar-refractivity contribution in [2.24, 2.45) is 0 Å². The monoisotopic (exact) mass is 266 g/mol. The lowest BCUT2D eigenvalue weighted by molar-refractivity contribution is 0.0326. The topological polar surface area (TPSA) is 72.8 Å². The Kier molecular flexibility index (Phi) is 4.91. The lowest BCUT2D eigenvalue weighted by atomic mass is 10.0. The first-order chi connectivity index (χ1) is 8.73. The number of likely N-dealkylation sites (N-methyl/N-ethyl adjacent to an activating group) is 1. The van der Waals surface area contributed by atoms with Gasteiger partial charge in [0, 0.05) is 24.2 Å². The van der Waals surface area contributed by atoms with Crippen LogP contribution >= 0.6 is 0 Å². The molecule has 0 saturated heterocycles. The second-order valence-corrected chi connectivity index (χ2v) is 5.37. The van der Waals surface area contributed by atoms with Crippen LogP contribution in [-0.2, 0) is 0 Å². The number of phenolic OH excluding ortho intramolecular Hbond substituents is 1. The van der Waals surface area contributed by atoms with Gasteiger partial charge in [-0.15, -0.1) is 0 Å². The van der Waals surface area contributed by atoms with Crippen LogP contribution in [-0.4, -0.2) is 53.8 Å². The second-order valence-electron chi connectivity index (χ2n) is 5.37. The van der Waals surface area contributed by atoms with Crippen LogP contribution in [0.25, 0.3) is 0 Å². The fourth-order valence-electron chi connectivity index (χ4n) is 1.97. The highest BCUT2D eigenvalue weighted by Gasteiger charge is 2.22. The van der Waals surface area contributed by atoms with Gasteiger partial charge in [-0.3, -0.25) is 4.79 Å². The number of carbonyl (C=O) groups excluding carboxylic acids is 1. The summed E-state index contributed by atoms with van der Waals surface area (Å²) in [6.45, 7) is 3.95. The van der Waals surface area contributed by atoms with Gasteiger partial charge in [0.05, 0.1) is 5.60 Å². The molecule has 106 valence electrons. The molecule has 1 aromatic carbocycles. The van der Waals surface area contributed by atoms with E-state index in [1.807, 2.05) is 19.0 Å². The lowest BCUT2D eigenvalue weighted by Crippen LogP contribution is -2.47. The van der Waals surface area contributed by atoms with Gasteiger partial charge in [-0.05, 0) is 40.1 Å². The maximum atomic E-state index is 12.0. The number of nitrogens with one attached hydrogen (secondary N) is 1. The molecule has 0 aliphatic heterocycles. The molecule has 0 radical (unpaired) electrons.